The van der Waals surface area contributed by atoms with E-state index in [0.29, 0.717) is 5.69 Å². The Hall–Kier alpha value is -2.46. The van der Waals surface area contributed by atoms with Crippen LogP contribution in [0.5, 0.6) is 0 Å². The lowest BCUT2D eigenvalue weighted by Gasteiger charge is -2.18. The van der Waals surface area contributed by atoms with Crippen molar-refractivity contribution >= 4 is 33.5 Å². The fourth-order valence-electron chi connectivity index (χ4n) is 2.35. The van der Waals surface area contributed by atoms with E-state index in [9.17, 15) is 22.8 Å². The number of anilines is 1. The van der Waals surface area contributed by atoms with Crippen LogP contribution in [0.25, 0.3) is 0 Å². The number of carboxylic acid groups (broad SMARTS) is 1. The van der Waals surface area contributed by atoms with Gasteiger partial charge >= 0.3 is 5.97 Å². The molecule has 10 heteroatoms. The number of benzene rings is 1. The summed E-state index contributed by atoms with van der Waals surface area (Å²) >= 11 is 0. The van der Waals surface area contributed by atoms with Crippen LogP contribution < -0.4 is 15.4 Å². The van der Waals surface area contributed by atoms with Crippen molar-refractivity contribution < 1.29 is 27.9 Å². The molecule has 1 aromatic carbocycles. The Kier molecular flexibility index (Phi) is 4.90. The highest BCUT2D eigenvalue weighted by Gasteiger charge is 2.36. The Morgan fingerprint density at radius 1 is 1.42 bits per heavy atom. The van der Waals surface area contributed by atoms with Crippen molar-refractivity contribution in [3.05, 3.63) is 24.3 Å². The van der Waals surface area contributed by atoms with Crippen molar-refractivity contribution in [2.75, 3.05) is 11.4 Å². The van der Waals surface area contributed by atoms with Gasteiger partial charge in [0.25, 0.3) is 0 Å². The smallest absolute Gasteiger partial charge is 0.325 e. The van der Waals surface area contributed by atoms with Gasteiger partial charge in [-0.3, -0.25) is 14.4 Å². The topological polar surface area (TPSA) is 147 Å². The highest BCUT2D eigenvalue weighted by Crippen LogP contribution is 2.26. The SMILES string of the molecule is CC(NC(=O)C1CC(=O)N(c2cccc(S(N)(=O)=O)c2)C1)C(=O)O. The predicted molar refractivity (Wildman–Crippen MR) is 83.5 cm³/mol. The number of nitrogens with zero attached hydrogens (tertiary/aromatic N) is 1. The molecule has 1 aromatic rings. The molecule has 0 bridgehead atoms. The Morgan fingerprint density at radius 3 is 2.67 bits per heavy atom. The summed E-state index contributed by atoms with van der Waals surface area (Å²) in [5.41, 5.74) is 0.313. The van der Waals surface area contributed by atoms with Gasteiger partial charge in [-0.1, -0.05) is 6.07 Å². The number of carbonyl (C=O) groups is 3. The second-order valence-corrected chi connectivity index (χ2v) is 7.08. The summed E-state index contributed by atoms with van der Waals surface area (Å²) in [5.74, 6) is -2.78. The molecule has 0 radical (unpaired) electrons. The largest absolute Gasteiger partial charge is 0.480 e. The molecule has 1 aliphatic rings. The Bertz CT molecular complexity index is 791. The molecule has 2 unspecified atom stereocenters. The zero-order chi connectivity index (χ0) is 18.1. The third-order valence-electron chi connectivity index (χ3n) is 3.68. The molecule has 2 amide bonds. The van der Waals surface area contributed by atoms with E-state index in [4.69, 9.17) is 10.2 Å². The number of sulfonamides is 1. The molecule has 1 fully saturated rings. The quantitative estimate of drug-likeness (QED) is 0.635. The Balaban J connectivity index is 2.16. The van der Waals surface area contributed by atoms with Crippen LogP contribution >= 0.6 is 0 Å². The molecule has 9 nitrogen and oxygen atoms in total. The predicted octanol–water partition coefficient (Wildman–Crippen LogP) is -0.724. The van der Waals surface area contributed by atoms with Crippen LogP contribution in [0.15, 0.2) is 29.2 Å². The van der Waals surface area contributed by atoms with E-state index in [2.05, 4.69) is 5.32 Å². The summed E-state index contributed by atoms with van der Waals surface area (Å²) in [7, 11) is -3.91. The van der Waals surface area contributed by atoms with Gasteiger partial charge in [-0.05, 0) is 25.1 Å². The van der Waals surface area contributed by atoms with E-state index in [0.717, 1.165) is 0 Å². The van der Waals surface area contributed by atoms with Gasteiger partial charge in [-0.15, -0.1) is 0 Å². The van der Waals surface area contributed by atoms with Crippen molar-refractivity contribution in [1.82, 2.24) is 5.32 Å². The maximum Gasteiger partial charge on any atom is 0.325 e. The second kappa shape index (κ2) is 6.57. The van der Waals surface area contributed by atoms with Gasteiger partial charge in [0.2, 0.25) is 21.8 Å². The van der Waals surface area contributed by atoms with Gasteiger partial charge in [-0.25, -0.2) is 13.6 Å². The van der Waals surface area contributed by atoms with Crippen LogP contribution in [0.3, 0.4) is 0 Å². The van der Waals surface area contributed by atoms with Gasteiger partial charge in [0.1, 0.15) is 6.04 Å². The third kappa shape index (κ3) is 3.89. The van der Waals surface area contributed by atoms with Gasteiger partial charge < -0.3 is 15.3 Å². The first-order chi connectivity index (χ1) is 11.1. The molecular formula is C14H17N3O6S. The minimum atomic E-state index is -3.91. The third-order valence-corrected chi connectivity index (χ3v) is 4.59. The van der Waals surface area contributed by atoms with Gasteiger partial charge in [0.15, 0.2) is 0 Å². The second-order valence-electron chi connectivity index (χ2n) is 5.52. The number of carbonyl (C=O) groups excluding carboxylic acids is 2. The van der Waals surface area contributed by atoms with Crippen LogP contribution in [0.2, 0.25) is 0 Å². The van der Waals surface area contributed by atoms with Crippen molar-refractivity contribution in [3.63, 3.8) is 0 Å². The van der Waals surface area contributed by atoms with E-state index >= 15 is 0 Å². The molecule has 1 heterocycles. The van der Waals surface area contributed by atoms with Crippen LogP contribution in [-0.2, 0) is 24.4 Å². The summed E-state index contributed by atoms with van der Waals surface area (Å²) in [6.07, 6.45) is -0.0855. The fourth-order valence-corrected chi connectivity index (χ4v) is 2.91. The molecular weight excluding hydrogens is 338 g/mol. The number of hydrogen-bond acceptors (Lipinski definition) is 5. The molecule has 24 heavy (non-hydrogen) atoms. The van der Waals surface area contributed by atoms with E-state index in [1.54, 1.807) is 0 Å². The van der Waals surface area contributed by atoms with Crippen LogP contribution in [0.1, 0.15) is 13.3 Å². The van der Waals surface area contributed by atoms with E-state index in [1.165, 1.54) is 36.1 Å². The summed E-state index contributed by atoms with van der Waals surface area (Å²) in [5, 5.41) is 16.2. The number of rotatable bonds is 5. The molecule has 0 aromatic heterocycles. The standard InChI is InChI=1S/C14H17N3O6S/c1-8(14(20)21)16-13(19)9-5-12(18)17(7-9)10-3-2-4-11(6-10)24(15,22)23/h2-4,6,8-9H,5,7H2,1H3,(H,16,19)(H,20,21)(H2,15,22,23). The van der Waals surface area contributed by atoms with Crippen LogP contribution in [0.4, 0.5) is 5.69 Å². The first-order valence-corrected chi connectivity index (χ1v) is 8.60. The zero-order valence-corrected chi connectivity index (χ0v) is 13.6. The number of primary sulfonamides is 1. The molecule has 1 aliphatic heterocycles. The number of amides is 2. The molecule has 130 valence electrons. The number of hydrogen-bond donors (Lipinski definition) is 3. The van der Waals surface area contributed by atoms with Crippen LogP contribution in [-0.4, -0.2) is 43.9 Å². The molecule has 0 spiro atoms. The Morgan fingerprint density at radius 2 is 2.08 bits per heavy atom. The van der Waals surface area contributed by atoms with Crippen molar-refractivity contribution in [2.24, 2.45) is 11.1 Å². The van der Waals surface area contributed by atoms with Crippen molar-refractivity contribution in [2.45, 2.75) is 24.3 Å². The number of aliphatic carboxylic acids is 1. The average molecular weight is 355 g/mol. The highest BCUT2D eigenvalue weighted by molar-refractivity contribution is 7.89. The van der Waals surface area contributed by atoms with Gasteiger partial charge in [-0.2, -0.15) is 0 Å². The summed E-state index contributed by atoms with van der Waals surface area (Å²) in [4.78, 5) is 36.1. The molecule has 0 aliphatic carbocycles. The lowest BCUT2D eigenvalue weighted by atomic mass is 10.1. The van der Waals surface area contributed by atoms with Gasteiger partial charge in [0, 0.05) is 18.7 Å². The number of nitrogens with one attached hydrogen (secondary N) is 1. The summed E-state index contributed by atoms with van der Waals surface area (Å²) in [6.45, 7) is 1.36. The first kappa shape index (κ1) is 17.9. The van der Waals surface area contributed by atoms with Crippen LogP contribution in [0, 0.1) is 5.92 Å². The van der Waals surface area contributed by atoms with E-state index in [-0.39, 0.29) is 23.8 Å². The lowest BCUT2D eigenvalue weighted by Crippen LogP contribution is -2.42. The molecule has 2 atom stereocenters. The summed E-state index contributed by atoms with van der Waals surface area (Å²) < 4.78 is 22.8. The lowest BCUT2D eigenvalue weighted by molar-refractivity contribution is -0.141. The molecule has 2 rings (SSSR count). The monoisotopic (exact) mass is 355 g/mol. The maximum atomic E-state index is 12.1. The number of nitrogens with two attached hydrogens (primary N) is 1. The molecule has 4 N–H and O–H groups in total. The summed E-state index contributed by atoms with van der Waals surface area (Å²) in [6, 6.07) is 4.48. The minimum absolute atomic E-state index is 0.0328. The minimum Gasteiger partial charge on any atom is -0.480 e. The molecule has 1 saturated heterocycles. The Labute approximate surface area is 138 Å². The van der Waals surface area contributed by atoms with E-state index in [1.807, 2.05) is 0 Å². The average Bonchev–Trinajstić information content (AvgIpc) is 2.88. The normalized spacial score (nSPS) is 19.2. The fraction of sp³-hybridized carbons (Fsp3) is 0.357. The first-order valence-electron chi connectivity index (χ1n) is 7.06. The van der Waals surface area contributed by atoms with Crippen molar-refractivity contribution in [1.29, 1.82) is 0 Å². The molecule has 0 saturated carbocycles. The zero-order valence-electron chi connectivity index (χ0n) is 12.8. The van der Waals surface area contributed by atoms with E-state index < -0.39 is 33.9 Å². The van der Waals surface area contributed by atoms with Crippen molar-refractivity contribution in [3.8, 4) is 0 Å². The number of carboxylic acids is 1. The maximum absolute atomic E-state index is 12.1. The highest BCUT2D eigenvalue weighted by atomic mass is 32.2. The van der Waals surface area contributed by atoms with Gasteiger partial charge in [0.05, 0.1) is 10.8 Å².